The van der Waals surface area contributed by atoms with E-state index in [1.807, 2.05) is 0 Å². The average molecular weight is 262 g/mol. The second-order valence-electron chi connectivity index (χ2n) is 4.17. The molecule has 0 fully saturated rings. The van der Waals surface area contributed by atoms with Crippen LogP contribution in [0.5, 0.6) is 11.5 Å². The van der Waals surface area contributed by atoms with Crippen LogP contribution in [0, 0.1) is 5.92 Å². The topological polar surface area (TPSA) is 35.5 Å². The number of methoxy groups -OCH3 is 2. The first-order valence-corrected chi connectivity index (χ1v) is 6.79. The number of ether oxygens (including phenoxy) is 2. The summed E-state index contributed by atoms with van der Waals surface area (Å²) >= 11 is 0. The van der Waals surface area contributed by atoms with Crippen LogP contribution in [0.15, 0.2) is 18.2 Å². The Labute approximate surface area is 123 Å². The molecular formula is C13H20LiO3P. The molecule has 0 saturated carbocycles. The molecule has 0 aliphatic rings. The van der Waals surface area contributed by atoms with Gasteiger partial charge in [0.15, 0.2) is 5.52 Å². The van der Waals surface area contributed by atoms with Crippen molar-refractivity contribution in [1.82, 2.24) is 0 Å². The van der Waals surface area contributed by atoms with Crippen molar-refractivity contribution in [2.45, 2.75) is 13.8 Å². The Morgan fingerprint density at radius 3 is 2.44 bits per heavy atom. The summed E-state index contributed by atoms with van der Waals surface area (Å²) < 4.78 is 10.3. The molecule has 0 bridgehead atoms. The van der Waals surface area contributed by atoms with Gasteiger partial charge in [-0.3, -0.25) is 4.79 Å². The zero-order valence-electron chi connectivity index (χ0n) is 10.7. The van der Waals surface area contributed by atoms with Crippen molar-refractivity contribution in [3.8, 4) is 11.5 Å². The van der Waals surface area contributed by atoms with E-state index < -0.39 is 0 Å². The molecule has 5 heteroatoms. The van der Waals surface area contributed by atoms with Crippen LogP contribution >= 0.6 is 8.58 Å². The van der Waals surface area contributed by atoms with E-state index in [9.17, 15) is 4.79 Å². The molecule has 18 heavy (non-hydrogen) atoms. The van der Waals surface area contributed by atoms with Gasteiger partial charge in [0.1, 0.15) is 11.5 Å². The van der Waals surface area contributed by atoms with Gasteiger partial charge in [0, 0.05) is 6.07 Å². The summed E-state index contributed by atoms with van der Waals surface area (Å²) in [5.74, 6) is 1.83. The molecule has 0 spiro atoms. The molecule has 0 aliphatic carbocycles. The Hall–Kier alpha value is -0.483. The average Bonchev–Trinajstić information content (AvgIpc) is 2.34. The van der Waals surface area contributed by atoms with E-state index in [0.29, 0.717) is 31.6 Å². The number of hydrogen-bond acceptors (Lipinski definition) is 3. The third-order valence-electron chi connectivity index (χ3n) is 2.32. The van der Waals surface area contributed by atoms with Crippen molar-refractivity contribution >= 4 is 33.0 Å². The molecule has 96 valence electrons. The monoisotopic (exact) mass is 262 g/mol. The molecule has 3 nitrogen and oxygen atoms in total. The van der Waals surface area contributed by atoms with Crippen molar-refractivity contribution in [3.63, 3.8) is 0 Å². The first-order chi connectivity index (χ1) is 8.08. The second kappa shape index (κ2) is 8.59. The molecule has 0 N–H and O–H groups in total. The van der Waals surface area contributed by atoms with E-state index in [0.717, 1.165) is 6.16 Å². The van der Waals surface area contributed by atoms with Crippen LogP contribution in [-0.2, 0) is 0 Å². The molecule has 1 aromatic rings. The summed E-state index contributed by atoms with van der Waals surface area (Å²) in [4.78, 5) is 12.0. The van der Waals surface area contributed by atoms with Crippen molar-refractivity contribution in [1.29, 1.82) is 0 Å². The molecule has 1 aromatic carbocycles. The van der Waals surface area contributed by atoms with Crippen LogP contribution in [0.2, 0.25) is 0 Å². The van der Waals surface area contributed by atoms with Crippen molar-refractivity contribution in [2.24, 2.45) is 5.92 Å². The maximum absolute atomic E-state index is 12.0. The molecule has 0 heterocycles. The number of carbonyl (C=O) groups excluding carboxylic acids is 1. The Morgan fingerprint density at radius 1 is 1.28 bits per heavy atom. The molecule has 0 aliphatic heterocycles. The van der Waals surface area contributed by atoms with E-state index >= 15 is 0 Å². The number of benzene rings is 1. The Balaban J connectivity index is 0.00000289. The van der Waals surface area contributed by atoms with Crippen molar-refractivity contribution in [3.05, 3.63) is 23.8 Å². The number of hydrogen-bond donors (Lipinski definition) is 0. The summed E-state index contributed by atoms with van der Waals surface area (Å²) in [6.07, 6.45) is 0.925. The van der Waals surface area contributed by atoms with Crippen molar-refractivity contribution < 1.29 is 14.3 Å². The van der Waals surface area contributed by atoms with E-state index in [1.54, 1.807) is 32.4 Å². The summed E-state index contributed by atoms with van der Waals surface area (Å²) in [6.45, 7) is 4.23. The van der Waals surface area contributed by atoms with E-state index in [1.165, 1.54) is 0 Å². The van der Waals surface area contributed by atoms with Gasteiger partial charge >= 0.3 is 18.9 Å². The van der Waals surface area contributed by atoms with Crippen LogP contribution in [0.1, 0.15) is 24.2 Å². The zero-order valence-corrected chi connectivity index (χ0v) is 11.7. The van der Waals surface area contributed by atoms with Crippen molar-refractivity contribution in [2.75, 3.05) is 20.4 Å². The minimum absolute atomic E-state index is 0. The summed E-state index contributed by atoms with van der Waals surface area (Å²) in [6, 6.07) is 5.30. The molecule has 0 aromatic heterocycles. The normalized spacial score (nSPS) is 10.5. The fourth-order valence-corrected chi connectivity index (χ4v) is 2.37. The molecule has 1 unspecified atom stereocenters. The van der Waals surface area contributed by atoms with Gasteiger partial charge in [-0.25, -0.2) is 0 Å². The maximum atomic E-state index is 12.0. The van der Waals surface area contributed by atoms with Crippen LogP contribution in [0.25, 0.3) is 0 Å². The van der Waals surface area contributed by atoms with Gasteiger partial charge < -0.3 is 9.47 Å². The Bertz CT molecular complexity index is 394. The van der Waals surface area contributed by atoms with Crippen LogP contribution in [0.4, 0.5) is 0 Å². The molecular weight excluding hydrogens is 242 g/mol. The molecule has 0 saturated heterocycles. The van der Waals surface area contributed by atoms with Gasteiger partial charge in [0.25, 0.3) is 0 Å². The fraction of sp³-hybridized carbons (Fsp3) is 0.462. The quantitative estimate of drug-likeness (QED) is 0.583. The molecule has 0 amide bonds. The van der Waals surface area contributed by atoms with Gasteiger partial charge in [-0.2, -0.15) is 0 Å². The van der Waals surface area contributed by atoms with Crippen LogP contribution < -0.4 is 9.47 Å². The summed E-state index contributed by atoms with van der Waals surface area (Å²) in [5.41, 5.74) is 0.797. The molecule has 1 atom stereocenters. The van der Waals surface area contributed by atoms with Crippen LogP contribution in [-0.4, -0.2) is 44.8 Å². The third-order valence-corrected chi connectivity index (χ3v) is 3.94. The predicted molar refractivity (Wildman–Crippen MR) is 79.0 cm³/mol. The third kappa shape index (κ3) is 5.02. The first-order valence-electron chi connectivity index (χ1n) is 5.58. The number of carbonyl (C=O) groups is 1. The second-order valence-corrected chi connectivity index (χ2v) is 5.39. The Morgan fingerprint density at radius 2 is 1.94 bits per heavy atom. The van der Waals surface area contributed by atoms with E-state index in [-0.39, 0.29) is 24.4 Å². The van der Waals surface area contributed by atoms with Gasteiger partial charge in [0.05, 0.1) is 19.8 Å². The van der Waals surface area contributed by atoms with E-state index in [2.05, 4.69) is 13.8 Å². The summed E-state index contributed by atoms with van der Waals surface area (Å²) in [5, 5.41) is 0. The minimum atomic E-state index is 0. The van der Waals surface area contributed by atoms with Gasteiger partial charge in [-0.1, -0.05) is 13.8 Å². The number of rotatable bonds is 6. The van der Waals surface area contributed by atoms with Crippen LogP contribution in [0.3, 0.4) is 0 Å². The SMILES string of the molecule is COc1ccc(C(=O)PCC(C)C)c(OC)c1.[LiH]. The van der Waals surface area contributed by atoms with E-state index in [4.69, 9.17) is 9.47 Å². The zero-order chi connectivity index (χ0) is 12.8. The molecule has 1 rings (SSSR count). The fourth-order valence-electron chi connectivity index (χ4n) is 1.38. The van der Waals surface area contributed by atoms with Gasteiger partial charge in [-0.05, 0) is 32.8 Å². The Kier molecular flexibility index (Phi) is 8.36. The predicted octanol–water partition coefficient (Wildman–Crippen LogP) is 2.53. The summed E-state index contributed by atoms with van der Waals surface area (Å²) in [7, 11) is 3.46. The standard InChI is InChI=1S/C13H19O3P.Li.H/c1-9(2)8-17-13(14)11-6-5-10(15-3)7-12(11)16-4;;/h5-7,9,17H,8H2,1-4H3;;. The van der Waals surface area contributed by atoms with Gasteiger partial charge in [0.2, 0.25) is 0 Å². The first kappa shape index (κ1) is 17.5. The molecule has 0 radical (unpaired) electrons. The van der Waals surface area contributed by atoms with Gasteiger partial charge in [-0.15, -0.1) is 0 Å².